The predicted molar refractivity (Wildman–Crippen MR) is 121 cm³/mol. The molecule has 0 spiro atoms. The molecule has 1 aliphatic rings. The van der Waals surface area contributed by atoms with Crippen LogP contribution in [-0.2, 0) is 21.2 Å². The number of nitrogens with one attached hydrogen (secondary N) is 1. The van der Waals surface area contributed by atoms with Crippen molar-refractivity contribution in [1.29, 1.82) is 0 Å². The van der Waals surface area contributed by atoms with Crippen LogP contribution in [0, 0.1) is 0 Å². The first-order valence-electron chi connectivity index (χ1n) is 10.5. The van der Waals surface area contributed by atoms with Crippen LogP contribution in [0.1, 0.15) is 30.0 Å². The Morgan fingerprint density at radius 3 is 2.42 bits per heavy atom. The van der Waals surface area contributed by atoms with Crippen LogP contribution >= 0.6 is 0 Å². The van der Waals surface area contributed by atoms with Crippen molar-refractivity contribution in [1.82, 2.24) is 14.5 Å². The van der Waals surface area contributed by atoms with E-state index in [2.05, 4.69) is 9.62 Å². The molecule has 0 aliphatic carbocycles. The number of rotatable bonds is 9. The van der Waals surface area contributed by atoms with E-state index in [1.807, 2.05) is 37.4 Å². The summed E-state index contributed by atoms with van der Waals surface area (Å²) >= 11 is 0. The second-order valence-corrected chi connectivity index (χ2v) is 9.63. The fourth-order valence-corrected chi connectivity index (χ4v) is 4.99. The minimum Gasteiger partial charge on any atom is -0.495 e. The number of amides is 1. The molecule has 1 fully saturated rings. The predicted octanol–water partition coefficient (Wildman–Crippen LogP) is 2.44. The molecule has 0 aromatic heterocycles. The summed E-state index contributed by atoms with van der Waals surface area (Å²) in [5.41, 5.74) is 1.63. The van der Waals surface area contributed by atoms with Gasteiger partial charge in [0, 0.05) is 19.2 Å². The van der Waals surface area contributed by atoms with Crippen molar-refractivity contribution < 1.29 is 17.9 Å². The van der Waals surface area contributed by atoms with Crippen molar-refractivity contribution in [2.45, 2.75) is 30.2 Å². The summed E-state index contributed by atoms with van der Waals surface area (Å²) in [5, 5.41) is 0. The van der Waals surface area contributed by atoms with E-state index in [9.17, 15) is 13.2 Å². The summed E-state index contributed by atoms with van der Waals surface area (Å²) in [7, 11) is 0.884. The van der Waals surface area contributed by atoms with E-state index < -0.39 is 10.0 Å². The zero-order valence-electron chi connectivity index (χ0n) is 18.4. The van der Waals surface area contributed by atoms with Crippen LogP contribution < -0.4 is 9.46 Å². The lowest BCUT2D eigenvalue weighted by Crippen LogP contribution is -2.39. The van der Waals surface area contributed by atoms with Crippen LogP contribution in [0.15, 0.2) is 53.4 Å². The largest absolute Gasteiger partial charge is 0.495 e. The monoisotopic (exact) mass is 445 g/mol. The lowest BCUT2D eigenvalue weighted by molar-refractivity contribution is -0.131. The topological polar surface area (TPSA) is 79.0 Å². The molecule has 0 saturated carbocycles. The average Bonchev–Trinajstić information content (AvgIpc) is 3.30. The first-order valence-corrected chi connectivity index (χ1v) is 12.0. The number of hydrogen-bond acceptors (Lipinski definition) is 5. The van der Waals surface area contributed by atoms with E-state index in [0.717, 1.165) is 25.2 Å². The molecule has 1 aliphatic heterocycles. The second-order valence-electron chi connectivity index (χ2n) is 7.77. The number of benzene rings is 2. The third kappa shape index (κ3) is 5.44. The third-order valence-corrected chi connectivity index (χ3v) is 7.28. The number of methoxy groups -OCH3 is 1. The van der Waals surface area contributed by atoms with Gasteiger partial charge in [-0.3, -0.25) is 4.79 Å². The van der Waals surface area contributed by atoms with Gasteiger partial charge in [0.2, 0.25) is 15.9 Å². The van der Waals surface area contributed by atoms with E-state index in [-0.39, 0.29) is 29.0 Å². The zero-order valence-corrected chi connectivity index (χ0v) is 19.2. The molecule has 8 heteroatoms. The van der Waals surface area contributed by atoms with E-state index >= 15 is 0 Å². The van der Waals surface area contributed by atoms with Crippen molar-refractivity contribution in [3.05, 3.63) is 59.7 Å². The minimum atomic E-state index is -3.70. The van der Waals surface area contributed by atoms with Gasteiger partial charge >= 0.3 is 0 Å². The minimum absolute atomic E-state index is 0.0297. The molecule has 1 saturated heterocycles. The Morgan fingerprint density at radius 2 is 1.81 bits per heavy atom. The van der Waals surface area contributed by atoms with Crippen LogP contribution in [0.3, 0.4) is 0 Å². The van der Waals surface area contributed by atoms with E-state index in [0.29, 0.717) is 5.56 Å². The smallest absolute Gasteiger partial charge is 0.244 e. The maximum atomic E-state index is 13.3. The van der Waals surface area contributed by atoms with E-state index in [1.54, 1.807) is 17.0 Å². The SMILES string of the molecule is CNS(=O)(=O)c1cccc(CC(=O)N(C)[C@H](CN2CCCC2)c2ccccc2)c1OC. The van der Waals surface area contributed by atoms with Gasteiger partial charge in [0.25, 0.3) is 0 Å². The molecule has 0 unspecified atom stereocenters. The van der Waals surface area contributed by atoms with Crippen molar-refractivity contribution in [3.63, 3.8) is 0 Å². The molecule has 0 bridgehead atoms. The summed E-state index contributed by atoms with van der Waals surface area (Å²) < 4.78 is 32.4. The molecule has 2 aromatic rings. The van der Waals surface area contributed by atoms with E-state index in [4.69, 9.17) is 4.74 Å². The van der Waals surface area contributed by atoms with Gasteiger partial charge in [-0.05, 0) is 44.6 Å². The van der Waals surface area contributed by atoms with Crippen molar-refractivity contribution in [3.8, 4) is 5.75 Å². The van der Waals surface area contributed by atoms with Gasteiger partial charge < -0.3 is 14.5 Å². The van der Waals surface area contributed by atoms with Crippen LogP contribution in [0.5, 0.6) is 5.75 Å². The number of carbonyl (C=O) groups excluding carboxylic acids is 1. The summed E-state index contributed by atoms with van der Waals surface area (Å²) in [6.07, 6.45) is 2.42. The molecule has 1 heterocycles. The summed E-state index contributed by atoms with van der Waals surface area (Å²) in [6.45, 7) is 2.86. The van der Waals surface area contributed by atoms with Crippen molar-refractivity contribution in [2.24, 2.45) is 0 Å². The molecule has 168 valence electrons. The number of para-hydroxylation sites is 1. The highest BCUT2D eigenvalue weighted by Gasteiger charge is 2.27. The second kappa shape index (κ2) is 10.3. The number of likely N-dealkylation sites (tertiary alicyclic amines) is 1. The number of hydrogen-bond donors (Lipinski definition) is 1. The summed E-state index contributed by atoms with van der Waals surface area (Å²) in [6, 6.07) is 14.8. The fourth-order valence-electron chi connectivity index (χ4n) is 4.05. The molecule has 3 rings (SSSR count). The fraction of sp³-hybridized carbons (Fsp3) is 0.435. The quantitative estimate of drug-likeness (QED) is 0.641. The number of likely N-dealkylation sites (N-methyl/N-ethyl adjacent to an activating group) is 1. The molecular weight excluding hydrogens is 414 g/mol. The molecule has 1 N–H and O–H groups in total. The number of nitrogens with zero attached hydrogens (tertiary/aromatic N) is 2. The summed E-state index contributed by atoms with van der Waals surface area (Å²) in [4.78, 5) is 17.5. The highest BCUT2D eigenvalue weighted by atomic mass is 32.2. The van der Waals surface area contributed by atoms with Gasteiger partial charge in [0.15, 0.2) is 0 Å². The first-order chi connectivity index (χ1) is 14.9. The number of carbonyl (C=O) groups is 1. The van der Waals surface area contributed by atoms with Crippen molar-refractivity contribution in [2.75, 3.05) is 40.8 Å². The zero-order chi connectivity index (χ0) is 22.4. The van der Waals surface area contributed by atoms with Gasteiger partial charge in [0.1, 0.15) is 10.6 Å². The Bertz CT molecular complexity index is 989. The average molecular weight is 446 g/mol. The Hall–Kier alpha value is -2.42. The molecule has 1 amide bonds. The first kappa shape index (κ1) is 23.2. The summed E-state index contributed by atoms with van der Waals surface area (Å²) in [5.74, 6) is 0.111. The Balaban J connectivity index is 1.86. The van der Waals surface area contributed by atoms with Gasteiger partial charge in [-0.2, -0.15) is 0 Å². The molecule has 2 aromatic carbocycles. The van der Waals surface area contributed by atoms with Crippen LogP contribution in [0.2, 0.25) is 0 Å². The third-order valence-electron chi connectivity index (χ3n) is 5.84. The van der Waals surface area contributed by atoms with Gasteiger partial charge in [-0.25, -0.2) is 13.1 Å². The highest BCUT2D eigenvalue weighted by Crippen LogP contribution is 2.30. The highest BCUT2D eigenvalue weighted by molar-refractivity contribution is 7.89. The van der Waals surface area contributed by atoms with Crippen LogP contribution in [-0.4, -0.2) is 65.0 Å². The maximum Gasteiger partial charge on any atom is 0.244 e. The standard InChI is InChI=1S/C23H31N3O4S/c1-24-31(28,29)21-13-9-12-19(23(21)30-3)16-22(27)25(2)20(17-26-14-7-8-15-26)18-10-5-4-6-11-18/h4-6,9-13,20,24H,7-8,14-17H2,1-3H3/t20-/m1/s1. The molecular formula is C23H31N3O4S. The number of ether oxygens (including phenoxy) is 1. The normalized spacial score (nSPS) is 15.6. The Kier molecular flexibility index (Phi) is 7.69. The Morgan fingerprint density at radius 1 is 1.13 bits per heavy atom. The molecule has 7 nitrogen and oxygen atoms in total. The van der Waals surface area contributed by atoms with E-state index in [1.165, 1.54) is 33.1 Å². The maximum absolute atomic E-state index is 13.3. The molecule has 1 atom stereocenters. The van der Waals surface area contributed by atoms with Crippen molar-refractivity contribution >= 4 is 15.9 Å². The van der Waals surface area contributed by atoms with Gasteiger partial charge in [-0.15, -0.1) is 0 Å². The van der Waals surface area contributed by atoms with Crippen LogP contribution in [0.4, 0.5) is 0 Å². The van der Waals surface area contributed by atoms with Crippen LogP contribution in [0.25, 0.3) is 0 Å². The lowest BCUT2D eigenvalue weighted by Gasteiger charge is -2.32. The molecule has 0 radical (unpaired) electrons. The lowest BCUT2D eigenvalue weighted by atomic mass is 10.0. The molecule has 31 heavy (non-hydrogen) atoms. The van der Waals surface area contributed by atoms with Gasteiger partial charge in [0.05, 0.1) is 19.6 Å². The van der Waals surface area contributed by atoms with Gasteiger partial charge in [-0.1, -0.05) is 42.5 Å². The number of sulfonamides is 1. The Labute approximate surface area is 185 Å².